The molecular weight excluding hydrogens is 215 g/mol. The highest BCUT2D eigenvalue weighted by atomic mass is 19.1. The summed E-state index contributed by atoms with van der Waals surface area (Å²) in [7, 11) is 0. The SMILES string of the molecule is Fc1cccc(C2CNCCC3CCCN32)c1. The van der Waals surface area contributed by atoms with Gasteiger partial charge in [0.2, 0.25) is 0 Å². The molecule has 0 spiro atoms. The second kappa shape index (κ2) is 4.75. The molecule has 2 nitrogen and oxygen atoms in total. The van der Waals surface area contributed by atoms with E-state index >= 15 is 0 Å². The smallest absolute Gasteiger partial charge is 0.123 e. The summed E-state index contributed by atoms with van der Waals surface area (Å²) in [6.07, 6.45) is 3.82. The first kappa shape index (κ1) is 11.2. The molecule has 0 radical (unpaired) electrons. The predicted octanol–water partition coefficient (Wildman–Crippen LogP) is 2.32. The predicted molar refractivity (Wildman–Crippen MR) is 66.4 cm³/mol. The monoisotopic (exact) mass is 234 g/mol. The highest BCUT2D eigenvalue weighted by Gasteiger charge is 2.32. The van der Waals surface area contributed by atoms with E-state index in [0.717, 1.165) is 25.2 Å². The quantitative estimate of drug-likeness (QED) is 0.802. The summed E-state index contributed by atoms with van der Waals surface area (Å²) >= 11 is 0. The molecule has 0 saturated carbocycles. The maximum atomic E-state index is 13.3. The van der Waals surface area contributed by atoms with Crippen molar-refractivity contribution in [3.8, 4) is 0 Å². The van der Waals surface area contributed by atoms with Crippen molar-refractivity contribution in [1.29, 1.82) is 0 Å². The van der Waals surface area contributed by atoms with Gasteiger partial charge in [-0.05, 0) is 50.0 Å². The van der Waals surface area contributed by atoms with Crippen LogP contribution in [-0.2, 0) is 0 Å². The zero-order chi connectivity index (χ0) is 11.7. The van der Waals surface area contributed by atoms with Gasteiger partial charge in [-0.25, -0.2) is 4.39 Å². The fourth-order valence-corrected chi connectivity index (χ4v) is 3.23. The van der Waals surface area contributed by atoms with E-state index in [4.69, 9.17) is 0 Å². The van der Waals surface area contributed by atoms with Crippen molar-refractivity contribution in [3.63, 3.8) is 0 Å². The van der Waals surface area contributed by atoms with Crippen LogP contribution in [0.2, 0.25) is 0 Å². The molecule has 2 fully saturated rings. The fraction of sp³-hybridized carbons (Fsp3) is 0.571. The molecule has 1 aromatic rings. The van der Waals surface area contributed by atoms with Gasteiger partial charge in [-0.3, -0.25) is 4.90 Å². The van der Waals surface area contributed by atoms with E-state index in [1.54, 1.807) is 6.07 Å². The van der Waals surface area contributed by atoms with Crippen LogP contribution in [0.15, 0.2) is 24.3 Å². The minimum atomic E-state index is -0.123. The molecule has 2 aliphatic heterocycles. The Kier molecular flexibility index (Phi) is 3.12. The van der Waals surface area contributed by atoms with Crippen LogP contribution in [0, 0.1) is 5.82 Å². The zero-order valence-corrected chi connectivity index (χ0v) is 10.0. The standard InChI is InChI=1S/C14H19FN2/c15-12-4-1-3-11(9-12)14-10-16-7-6-13-5-2-8-17(13)14/h1,3-4,9,13-14,16H,2,5-8,10H2. The summed E-state index contributed by atoms with van der Waals surface area (Å²) in [5, 5.41) is 3.48. The molecule has 17 heavy (non-hydrogen) atoms. The zero-order valence-electron chi connectivity index (χ0n) is 10.0. The minimum Gasteiger partial charge on any atom is -0.315 e. The Morgan fingerprint density at radius 1 is 1.29 bits per heavy atom. The Morgan fingerprint density at radius 3 is 3.12 bits per heavy atom. The van der Waals surface area contributed by atoms with Crippen molar-refractivity contribution in [3.05, 3.63) is 35.6 Å². The first-order chi connectivity index (χ1) is 8.34. The Bertz CT molecular complexity index is 394. The van der Waals surface area contributed by atoms with Gasteiger partial charge >= 0.3 is 0 Å². The number of hydrogen-bond acceptors (Lipinski definition) is 2. The maximum Gasteiger partial charge on any atom is 0.123 e. The van der Waals surface area contributed by atoms with Gasteiger partial charge in [-0.2, -0.15) is 0 Å². The molecule has 2 aliphatic rings. The van der Waals surface area contributed by atoms with E-state index in [2.05, 4.69) is 16.3 Å². The van der Waals surface area contributed by atoms with Crippen molar-refractivity contribution in [2.24, 2.45) is 0 Å². The van der Waals surface area contributed by atoms with Gasteiger partial charge in [-0.15, -0.1) is 0 Å². The summed E-state index contributed by atoms with van der Waals surface area (Å²) in [5.74, 6) is -0.123. The Balaban J connectivity index is 1.89. The number of rotatable bonds is 1. The first-order valence-electron chi connectivity index (χ1n) is 6.56. The second-order valence-corrected chi connectivity index (χ2v) is 5.10. The number of halogens is 1. The number of hydrogen-bond donors (Lipinski definition) is 1. The van der Waals surface area contributed by atoms with Gasteiger partial charge in [-0.1, -0.05) is 12.1 Å². The average molecular weight is 234 g/mol. The van der Waals surface area contributed by atoms with Gasteiger partial charge in [0.1, 0.15) is 5.82 Å². The molecule has 2 unspecified atom stereocenters. The lowest BCUT2D eigenvalue weighted by Gasteiger charge is -2.30. The van der Waals surface area contributed by atoms with Crippen LogP contribution in [0.1, 0.15) is 30.9 Å². The van der Waals surface area contributed by atoms with Gasteiger partial charge in [0.15, 0.2) is 0 Å². The van der Waals surface area contributed by atoms with Crippen molar-refractivity contribution in [1.82, 2.24) is 10.2 Å². The number of fused-ring (bicyclic) bond motifs is 1. The molecule has 2 heterocycles. The third kappa shape index (κ3) is 2.22. The average Bonchev–Trinajstić information content (AvgIpc) is 2.69. The van der Waals surface area contributed by atoms with Gasteiger partial charge in [0.25, 0.3) is 0 Å². The Morgan fingerprint density at radius 2 is 2.24 bits per heavy atom. The number of nitrogens with one attached hydrogen (secondary N) is 1. The molecule has 0 aromatic heterocycles. The Labute approximate surface area is 102 Å². The molecule has 1 aromatic carbocycles. The summed E-state index contributed by atoms with van der Waals surface area (Å²) < 4.78 is 13.3. The van der Waals surface area contributed by atoms with Gasteiger partial charge in [0.05, 0.1) is 0 Å². The molecular formula is C14H19FN2. The molecule has 3 heteroatoms. The highest BCUT2D eigenvalue weighted by Crippen LogP contribution is 2.32. The summed E-state index contributed by atoms with van der Waals surface area (Å²) in [4.78, 5) is 2.56. The van der Waals surface area contributed by atoms with Crippen molar-refractivity contribution in [2.45, 2.75) is 31.3 Å². The topological polar surface area (TPSA) is 15.3 Å². The van der Waals surface area contributed by atoms with E-state index in [9.17, 15) is 4.39 Å². The van der Waals surface area contributed by atoms with Crippen LogP contribution in [0.4, 0.5) is 4.39 Å². The molecule has 92 valence electrons. The normalized spacial score (nSPS) is 29.9. The fourth-order valence-electron chi connectivity index (χ4n) is 3.23. The summed E-state index contributed by atoms with van der Waals surface area (Å²) in [6.45, 7) is 3.19. The van der Waals surface area contributed by atoms with Gasteiger partial charge in [0, 0.05) is 18.6 Å². The lowest BCUT2D eigenvalue weighted by Crippen LogP contribution is -2.34. The lowest BCUT2D eigenvalue weighted by atomic mass is 10.0. The molecule has 0 bridgehead atoms. The number of benzene rings is 1. The van der Waals surface area contributed by atoms with Crippen LogP contribution in [0.3, 0.4) is 0 Å². The largest absolute Gasteiger partial charge is 0.315 e. The van der Waals surface area contributed by atoms with Gasteiger partial charge < -0.3 is 5.32 Å². The van der Waals surface area contributed by atoms with E-state index in [-0.39, 0.29) is 5.82 Å². The van der Waals surface area contributed by atoms with E-state index in [1.807, 2.05) is 6.07 Å². The van der Waals surface area contributed by atoms with Crippen LogP contribution in [0.5, 0.6) is 0 Å². The molecule has 3 rings (SSSR count). The summed E-state index contributed by atoms with van der Waals surface area (Å²) in [6, 6.07) is 8.12. The van der Waals surface area contributed by atoms with Crippen LogP contribution in [0.25, 0.3) is 0 Å². The second-order valence-electron chi connectivity index (χ2n) is 5.10. The van der Waals surface area contributed by atoms with E-state index in [1.165, 1.54) is 25.3 Å². The van der Waals surface area contributed by atoms with E-state index < -0.39 is 0 Å². The lowest BCUT2D eigenvalue weighted by molar-refractivity contribution is 0.191. The molecule has 0 aliphatic carbocycles. The molecule has 2 atom stereocenters. The first-order valence-corrected chi connectivity index (χ1v) is 6.56. The van der Waals surface area contributed by atoms with Crippen molar-refractivity contribution in [2.75, 3.05) is 19.6 Å². The Hall–Kier alpha value is -0.930. The third-order valence-electron chi connectivity index (χ3n) is 4.05. The van der Waals surface area contributed by atoms with Crippen LogP contribution in [-0.4, -0.2) is 30.6 Å². The highest BCUT2D eigenvalue weighted by molar-refractivity contribution is 5.21. The van der Waals surface area contributed by atoms with Crippen molar-refractivity contribution < 1.29 is 4.39 Å². The maximum absolute atomic E-state index is 13.3. The van der Waals surface area contributed by atoms with Crippen molar-refractivity contribution >= 4 is 0 Å². The third-order valence-corrected chi connectivity index (χ3v) is 4.05. The minimum absolute atomic E-state index is 0.123. The molecule has 1 N–H and O–H groups in total. The van der Waals surface area contributed by atoms with E-state index in [0.29, 0.717) is 12.1 Å². The number of nitrogens with zero attached hydrogens (tertiary/aromatic N) is 1. The molecule has 0 amide bonds. The molecule has 2 saturated heterocycles. The van der Waals surface area contributed by atoms with Crippen LogP contribution >= 0.6 is 0 Å². The van der Waals surface area contributed by atoms with Crippen LogP contribution < -0.4 is 5.32 Å². The summed E-state index contributed by atoms with van der Waals surface area (Å²) in [5.41, 5.74) is 1.12.